The van der Waals surface area contributed by atoms with E-state index in [2.05, 4.69) is 44.3 Å². The average Bonchev–Trinajstić information content (AvgIpc) is 2.52. The van der Waals surface area contributed by atoms with Crippen molar-refractivity contribution in [3.63, 3.8) is 0 Å². The molecule has 1 N–H and O–H groups in total. The molecule has 0 aliphatic carbocycles. The standard InChI is InChI=1S/C18H28N2O/c1-4-8-14(3)18(21)20-13-11-16(19-12-5-2)15-9-6-7-10-17(15)20/h6-7,9-10,14,16,19H,4-5,8,11-13H2,1-3H3. The number of nitrogens with one attached hydrogen (secondary N) is 1. The summed E-state index contributed by atoms with van der Waals surface area (Å²) in [7, 11) is 0. The van der Waals surface area contributed by atoms with E-state index in [0.29, 0.717) is 6.04 Å². The molecule has 0 bridgehead atoms. The van der Waals surface area contributed by atoms with Gasteiger partial charge in [0, 0.05) is 24.2 Å². The number of hydrogen-bond donors (Lipinski definition) is 1. The number of amides is 1. The van der Waals surface area contributed by atoms with E-state index in [4.69, 9.17) is 0 Å². The van der Waals surface area contributed by atoms with E-state index in [9.17, 15) is 4.79 Å². The number of hydrogen-bond acceptors (Lipinski definition) is 2. The monoisotopic (exact) mass is 288 g/mol. The Balaban J connectivity index is 2.20. The Morgan fingerprint density at radius 3 is 2.81 bits per heavy atom. The minimum absolute atomic E-state index is 0.114. The van der Waals surface area contributed by atoms with Crippen LogP contribution < -0.4 is 10.2 Å². The number of benzene rings is 1. The van der Waals surface area contributed by atoms with Crippen molar-refractivity contribution in [3.05, 3.63) is 29.8 Å². The lowest BCUT2D eigenvalue weighted by Crippen LogP contribution is -2.42. The first-order chi connectivity index (χ1) is 10.2. The number of carbonyl (C=O) groups is 1. The first kappa shape index (κ1) is 16.0. The summed E-state index contributed by atoms with van der Waals surface area (Å²) in [6.07, 6.45) is 4.16. The van der Waals surface area contributed by atoms with E-state index in [0.717, 1.165) is 44.5 Å². The molecule has 0 fully saturated rings. The maximum Gasteiger partial charge on any atom is 0.229 e. The Kier molecular flexibility index (Phi) is 5.80. The van der Waals surface area contributed by atoms with Crippen LogP contribution in [0.1, 0.15) is 58.1 Å². The zero-order valence-electron chi connectivity index (χ0n) is 13.6. The third kappa shape index (κ3) is 3.65. The molecular weight excluding hydrogens is 260 g/mol. The Labute approximate surface area is 128 Å². The number of carbonyl (C=O) groups excluding carboxylic acids is 1. The molecule has 1 aromatic carbocycles. The minimum Gasteiger partial charge on any atom is -0.312 e. The largest absolute Gasteiger partial charge is 0.312 e. The third-order valence-corrected chi connectivity index (χ3v) is 4.29. The van der Waals surface area contributed by atoms with Gasteiger partial charge in [0.05, 0.1) is 0 Å². The summed E-state index contributed by atoms with van der Waals surface area (Å²) in [4.78, 5) is 14.7. The molecular formula is C18H28N2O. The fourth-order valence-corrected chi connectivity index (χ4v) is 3.14. The summed E-state index contributed by atoms with van der Waals surface area (Å²) >= 11 is 0. The molecule has 2 atom stereocenters. The van der Waals surface area contributed by atoms with Gasteiger partial charge in [0.25, 0.3) is 0 Å². The number of nitrogens with zero attached hydrogens (tertiary/aromatic N) is 1. The van der Waals surface area contributed by atoms with E-state index in [1.807, 2.05) is 11.0 Å². The van der Waals surface area contributed by atoms with Crippen molar-refractivity contribution in [1.82, 2.24) is 5.32 Å². The van der Waals surface area contributed by atoms with Crippen LogP contribution in [0.3, 0.4) is 0 Å². The van der Waals surface area contributed by atoms with E-state index < -0.39 is 0 Å². The van der Waals surface area contributed by atoms with E-state index in [-0.39, 0.29) is 11.8 Å². The zero-order valence-corrected chi connectivity index (χ0v) is 13.6. The van der Waals surface area contributed by atoms with Gasteiger partial charge in [0.1, 0.15) is 0 Å². The summed E-state index contributed by atoms with van der Waals surface area (Å²) < 4.78 is 0. The molecule has 1 amide bonds. The quantitative estimate of drug-likeness (QED) is 0.861. The molecule has 116 valence electrons. The normalized spacial score (nSPS) is 19.2. The number of anilines is 1. The predicted molar refractivity (Wildman–Crippen MR) is 88.5 cm³/mol. The van der Waals surface area contributed by atoms with Gasteiger partial charge in [-0.05, 0) is 37.4 Å². The highest BCUT2D eigenvalue weighted by Gasteiger charge is 2.29. The smallest absolute Gasteiger partial charge is 0.229 e. The summed E-state index contributed by atoms with van der Waals surface area (Å²) in [5.41, 5.74) is 2.37. The predicted octanol–water partition coefficient (Wildman–Crippen LogP) is 3.90. The van der Waals surface area contributed by atoms with Crippen molar-refractivity contribution in [2.45, 2.75) is 52.5 Å². The lowest BCUT2D eigenvalue weighted by Gasteiger charge is -2.36. The van der Waals surface area contributed by atoms with E-state index >= 15 is 0 Å². The van der Waals surface area contributed by atoms with Gasteiger partial charge in [0.2, 0.25) is 5.91 Å². The van der Waals surface area contributed by atoms with Crippen molar-refractivity contribution >= 4 is 11.6 Å². The molecule has 1 aromatic rings. The second-order valence-electron chi connectivity index (χ2n) is 6.03. The van der Waals surface area contributed by atoms with Crippen molar-refractivity contribution in [2.24, 2.45) is 5.92 Å². The van der Waals surface area contributed by atoms with Gasteiger partial charge in [-0.3, -0.25) is 4.79 Å². The van der Waals surface area contributed by atoms with Gasteiger partial charge in [-0.1, -0.05) is 45.4 Å². The fraction of sp³-hybridized carbons (Fsp3) is 0.611. The Bertz CT molecular complexity index is 472. The van der Waals surface area contributed by atoms with Gasteiger partial charge in [-0.2, -0.15) is 0 Å². The second kappa shape index (κ2) is 7.60. The molecule has 2 rings (SSSR count). The van der Waals surface area contributed by atoms with Crippen LogP contribution in [0, 0.1) is 5.92 Å². The van der Waals surface area contributed by atoms with Crippen molar-refractivity contribution in [1.29, 1.82) is 0 Å². The molecule has 0 aromatic heterocycles. The molecule has 1 aliphatic rings. The van der Waals surface area contributed by atoms with Crippen molar-refractivity contribution in [2.75, 3.05) is 18.0 Å². The molecule has 0 saturated heterocycles. The zero-order chi connectivity index (χ0) is 15.2. The average molecular weight is 288 g/mol. The maximum absolute atomic E-state index is 12.7. The van der Waals surface area contributed by atoms with E-state index in [1.165, 1.54) is 5.56 Å². The third-order valence-electron chi connectivity index (χ3n) is 4.29. The molecule has 0 spiro atoms. The molecule has 0 radical (unpaired) electrons. The molecule has 2 unspecified atom stereocenters. The SMILES string of the molecule is CCCNC1CCN(C(=O)C(C)CCC)c2ccccc21. The Morgan fingerprint density at radius 2 is 2.10 bits per heavy atom. The summed E-state index contributed by atoms with van der Waals surface area (Å²) in [5.74, 6) is 0.390. The van der Waals surface area contributed by atoms with Gasteiger partial charge in [-0.15, -0.1) is 0 Å². The van der Waals surface area contributed by atoms with Crippen LogP contribution in [0.4, 0.5) is 5.69 Å². The van der Waals surface area contributed by atoms with Crippen LogP contribution in [0.15, 0.2) is 24.3 Å². The van der Waals surface area contributed by atoms with E-state index in [1.54, 1.807) is 0 Å². The molecule has 1 aliphatic heterocycles. The van der Waals surface area contributed by atoms with Gasteiger partial charge < -0.3 is 10.2 Å². The molecule has 3 heteroatoms. The Hall–Kier alpha value is -1.35. The van der Waals surface area contributed by atoms with Crippen LogP contribution >= 0.6 is 0 Å². The highest BCUT2D eigenvalue weighted by molar-refractivity contribution is 5.96. The summed E-state index contributed by atoms with van der Waals surface area (Å²) in [5, 5.41) is 3.60. The minimum atomic E-state index is 0.114. The van der Waals surface area contributed by atoms with Crippen LogP contribution in [0.5, 0.6) is 0 Å². The van der Waals surface area contributed by atoms with Gasteiger partial charge in [-0.25, -0.2) is 0 Å². The molecule has 3 nitrogen and oxygen atoms in total. The lowest BCUT2D eigenvalue weighted by atomic mass is 9.94. The van der Waals surface area contributed by atoms with Crippen LogP contribution in [-0.2, 0) is 4.79 Å². The number of rotatable bonds is 6. The van der Waals surface area contributed by atoms with Gasteiger partial charge in [0.15, 0.2) is 0 Å². The molecule has 0 saturated carbocycles. The van der Waals surface area contributed by atoms with Crippen LogP contribution in [0.2, 0.25) is 0 Å². The first-order valence-corrected chi connectivity index (χ1v) is 8.32. The van der Waals surface area contributed by atoms with Crippen molar-refractivity contribution < 1.29 is 4.79 Å². The van der Waals surface area contributed by atoms with Crippen LogP contribution in [0.25, 0.3) is 0 Å². The number of para-hydroxylation sites is 1. The number of fused-ring (bicyclic) bond motifs is 1. The van der Waals surface area contributed by atoms with Crippen molar-refractivity contribution in [3.8, 4) is 0 Å². The maximum atomic E-state index is 12.7. The first-order valence-electron chi connectivity index (χ1n) is 8.32. The van der Waals surface area contributed by atoms with Crippen LogP contribution in [-0.4, -0.2) is 19.0 Å². The highest BCUT2D eigenvalue weighted by Crippen LogP contribution is 2.34. The topological polar surface area (TPSA) is 32.3 Å². The Morgan fingerprint density at radius 1 is 1.33 bits per heavy atom. The fourth-order valence-electron chi connectivity index (χ4n) is 3.14. The lowest BCUT2D eigenvalue weighted by molar-refractivity contribution is -0.122. The molecule has 1 heterocycles. The summed E-state index contributed by atoms with van der Waals surface area (Å²) in [6, 6.07) is 8.74. The second-order valence-corrected chi connectivity index (χ2v) is 6.03. The summed E-state index contributed by atoms with van der Waals surface area (Å²) in [6.45, 7) is 8.23. The molecule has 21 heavy (non-hydrogen) atoms. The highest BCUT2D eigenvalue weighted by atomic mass is 16.2. The van der Waals surface area contributed by atoms with Gasteiger partial charge >= 0.3 is 0 Å².